The topological polar surface area (TPSA) is 56.1 Å². The molecule has 0 fully saturated rings. The number of methoxy groups -OCH3 is 1. The van der Waals surface area contributed by atoms with Crippen LogP contribution in [0.25, 0.3) is 10.9 Å². The molecule has 1 aromatic carbocycles. The van der Waals surface area contributed by atoms with E-state index in [2.05, 4.69) is 10.3 Å². The molecule has 0 bridgehead atoms. The Morgan fingerprint density at radius 1 is 1.32 bits per heavy atom. The Kier molecular flexibility index (Phi) is 3.78. The maximum absolute atomic E-state index is 12.4. The van der Waals surface area contributed by atoms with Gasteiger partial charge in [-0.25, -0.2) is 0 Å². The molecule has 2 heterocycles. The number of fused-ring (bicyclic) bond motifs is 1. The van der Waals surface area contributed by atoms with E-state index >= 15 is 0 Å². The van der Waals surface area contributed by atoms with E-state index in [4.69, 9.17) is 4.74 Å². The lowest BCUT2D eigenvalue weighted by atomic mass is 10.2. The van der Waals surface area contributed by atoms with Crippen molar-refractivity contribution in [3.8, 4) is 5.75 Å². The van der Waals surface area contributed by atoms with E-state index in [0.29, 0.717) is 12.2 Å². The smallest absolute Gasteiger partial charge is 0.268 e. The molecule has 1 amide bonds. The van der Waals surface area contributed by atoms with Crippen molar-refractivity contribution in [2.75, 3.05) is 7.11 Å². The van der Waals surface area contributed by atoms with Gasteiger partial charge in [-0.2, -0.15) is 0 Å². The van der Waals surface area contributed by atoms with Gasteiger partial charge < -0.3 is 14.6 Å². The first-order valence-electron chi connectivity index (χ1n) is 7.00. The highest BCUT2D eigenvalue weighted by Gasteiger charge is 2.15. The van der Waals surface area contributed by atoms with Crippen molar-refractivity contribution < 1.29 is 9.53 Å². The highest BCUT2D eigenvalue weighted by atomic mass is 16.5. The molecule has 0 aliphatic heterocycles. The number of amides is 1. The average molecular weight is 295 g/mol. The van der Waals surface area contributed by atoms with E-state index in [1.807, 2.05) is 48.0 Å². The van der Waals surface area contributed by atoms with Crippen LogP contribution >= 0.6 is 0 Å². The van der Waals surface area contributed by atoms with E-state index in [9.17, 15) is 4.79 Å². The number of hydrogen-bond acceptors (Lipinski definition) is 3. The van der Waals surface area contributed by atoms with Crippen molar-refractivity contribution in [1.29, 1.82) is 0 Å². The third-order valence-electron chi connectivity index (χ3n) is 3.65. The first-order chi connectivity index (χ1) is 10.7. The van der Waals surface area contributed by atoms with Gasteiger partial charge in [0.05, 0.1) is 12.6 Å². The Morgan fingerprint density at radius 3 is 2.91 bits per heavy atom. The number of rotatable bonds is 4. The number of carbonyl (C=O) groups excluding carboxylic acids is 1. The van der Waals surface area contributed by atoms with Crippen LogP contribution in [-0.4, -0.2) is 22.6 Å². The number of aromatic nitrogens is 2. The fourth-order valence-corrected chi connectivity index (χ4v) is 2.54. The van der Waals surface area contributed by atoms with E-state index < -0.39 is 0 Å². The number of hydrogen-bond donors (Lipinski definition) is 1. The molecule has 3 aromatic rings. The Morgan fingerprint density at radius 2 is 2.18 bits per heavy atom. The van der Waals surface area contributed by atoms with Crippen LogP contribution in [0.2, 0.25) is 0 Å². The molecule has 2 aromatic heterocycles. The number of nitrogens with zero attached hydrogens (tertiary/aromatic N) is 2. The van der Waals surface area contributed by atoms with Crippen LogP contribution in [0, 0.1) is 0 Å². The lowest BCUT2D eigenvalue weighted by Gasteiger charge is -2.08. The fourth-order valence-electron chi connectivity index (χ4n) is 2.54. The molecule has 0 spiro atoms. The zero-order valence-electron chi connectivity index (χ0n) is 12.5. The fraction of sp³-hybridized carbons (Fsp3) is 0.176. The van der Waals surface area contributed by atoms with Crippen LogP contribution in [0.1, 0.15) is 16.1 Å². The van der Waals surface area contributed by atoms with Crippen LogP contribution in [0.15, 0.2) is 48.8 Å². The Labute approximate surface area is 128 Å². The summed E-state index contributed by atoms with van der Waals surface area (Å²) >= 11 is 0. The Balaban J connectivity index is 1.87. The van der Waals surface area contributed by atoms with Gasteiger partial charge in [-0.3, -0.25) is 9.78 Å². The minimum Gasteiger partial charge on any atom is -0.495 e. The van der Waals surface area contributed by atoms with E-state index in [1.54, 1.807) is 19.5 Å². The minimum absolute atomic E-state index is 0.121. The second kappa shape index (κ2) is 5.89. The van der Waals surface area contributed by atoms with Gasteiger partial charge in [0.15, 0.2) is 0 Å². The molecule has 3 rings (SSSR count). The summed E-state index contributed by atoms with van der Waals surface area (Å²) in [5.41, 5.74) is 2.48. The Bertz CT molecular complexity index is 809. The third kappa shape index (κ3) is 2.53. The predicted molar refractivity (Wildman–Crippen MR) is 84.9 cm³/mol. The molecule has 22 heavy (non-hydrogen) atoms. The number of aryl methyl sites for hydroxylation is 1. The second-order valence-electron chi connectivity index (χ2n) is 5.03. The zero-order valence-corrected chi connectivity index (χ0v) is 12.5. The van der Waals surface area contributed by atoms with Crippen LogP contribution < -0.4 is 10.1 Å². The molecule has 0 radical (unpaired) electrons. The standard InChI is InChI=1S/C17H17N3O2/c1-20-14(9-13-6-3-7-15(22-2)16(13)20)17(21)19-11-12-5-4-8-18-10-12/h3-10H,11H2,1-2H3,(H,19,21). The lowest BCUT2D eigenvalue weighted by Crippen LogP contribution is -2.24. The lowest BCUT2D eigenvalue weighted by molar-refractivity contribution is 0.0943. The number of pyridine rings is 1. The largest absolute Gasteiger partial charge is 0.495 e. The maximum Gasteiger partial charge on any atom is 0.268 e. The molecule has 0 saturated heterocycles. The van der Waals surface area contributed by atoms with Gasteiger partial charge in [-0.15, -0.1) is 0 Å². The van der Waals surface area contributed by atoms with Gasteiger partial charge >= 0.3 is 0 Å². The summed E-state index contributed by atoms with van der Waals surface area (Å²) in [5.74, 6) is 0.635. The zero-order chi connectivity index (χ0) is 15.5. The molecule has 1 N–H and O–H groups in total. The Hall–Kier alpha value is -2.82. The summed E-state index contributed by atoms with van der Waals surface area (Å²) in [7, 11) is 3.49. The number of carbonyl (C=O) groups is 1. The van der Waals surface area contributed by atoms with Crippen LogP contribution in [0.4, 0.5) is 0 Å². The molecule has 0 unspecified atom stereocenters. The maximum atomic E-state index is 12.4. The number of nitrogens with one attached hydrogen (secondary N) is 1. The molecule has 0 atom stereocenters. The summed E-state index contributed by atoms with van der Waals surface area (Å²) in [6.45, 7) is 0.450. The summed E-state index contributed by atoms with van der Waals surface area (Å²) in [4.78, 5) is 16.5. The van der Waals surface area contributed by atoms with Gasteiger partial charge in [0.2, 0.25) is 0 Å². The van der Waals surface area contributed by atoms with Crippen LogP contribution in [0.3, 0.4) is 0 Å². The van der Waals surface area contributed by atoms with E-state index in [-0.39, 0.29) is 5.91 Å². The van der Waals surface area contributed by atoms with Gasteiger partial charge in [0.25, 0.3) is 5.91 Å². The van der Waals surface area contributed by atoms with Crippen molar-refractivity contribution >= 4 is 16.8 Å². The van der Waals surface area contributed by atoms with Crippen LogP contribution in [0.5, 0.6) is 5.75 Å². The molecule has 0 aliphatic carbocycles. The predicted octanol–water partition coefficient (Wildman–Crippen LogP) is 2.51. The third-order valence-corrected chi connectivity index (χ3v) is 3.65. The van der Waals surface area contributed by atoms with Gasteiger partial charge in [0.1, 0.15) is 11.4 Å². The number of benzene rings is 1. The molecule has 0 saturated carbocycles. The number of para-hydroxylation sites is 1. The van der Waals surface area contributed by atoms with Crippen molar-refractivity contribution in [3.05, 3.63) is 60.0 Å². The quantitative estimate of drug-likeness (QED) is 0.804. The first kappa shape index (κ1) is 14.1. The van der Waals surface area contributed by atoms with Gasteiger partial charge in [0, 0.05) is 31.4 Å². The summed E-state index contributed by atoms with van der Waals surface area (Å²) in [5, 5.41) is 3.89. The first-order valence-corrected chi connectivity index (χ1v) is 7.00. The van der Waals surface area contributed by atoms with E-state index in [0.717, 1.165) is 22.2 Å². The van der Waals surface area contributed by atoms with Crippen molar-refractivity contribution in [1.82, 2.24) is 14.9 Å². The molecule has 5 nitrogen and oxygen atoms in total. The summed E-state index contributed by atoms with van der Waals surface area (Å²) in [6.07, 6.45) is 3.45. The van der Waals surface area contributed by atoms with Crippen molar-refractivity contribution in [3.63, 3.8) is 0 Å². The van der Waals surface area contributed by atoms with Crippen molar-refractivity contribution in [2.45, 2.75) is 6.54 Å². The molecule has 5 heteroatoms. The normalized spacial score (nSPS) is 10.6. The SMILES string of the molecule is COc1cccc2cc(C(=O)NCc3cccnc3)n(C)c12. The van der Waals surface area contributed by atoms with Crippen LogP contribution in [-0.2, 0) is 13.6 Å². The molecule has 0 aliphatic rings. The number of ether oxygens (including phenoxy) is 1. The molecule has 112 valence electrons. The minimum atomic E-state index is -0.121. The van der Waals surface area contributed by atoms with Crippen molar-refractivity contribution in [2.24, 2.45) is 7.05 Å². The summed E-state index contributed by atoms with van der Waals surface area (Å²) in [6, 6.07) is 11.4. The highest BCUT2D eigenvalue weighted by Crippen LogP contribution is 2.27. The summed E-state index contributed by atoms with van der Waals surface area (Å²) < 4.78 is 7.22. The van der Waals surface area contributed by atoms with E-state index in [1.165, 1.54) is 0 Å². The molecular weight excluding hydrogens is 278 g/mol. The van der Waals surface area contributed by atoms with Gasteiger partial charge in [-0.1, -0.05) is 18.2 Å². The monoisotopic (exact) mass is 295 g/mol. The van der Waals surface area contributed by atoms with Gasteiger partial charge in [-0.05, 0) is 23.8 Å². The second-order valence-corrected chi connectivity index (χ2v) is 5.03. The average Bonchev–Trinajstić information content (AvgIpc) is 2.91. The molecular formula is C17H17N3O2. The highest BCUT2D eigenvalue weighted by molar-refractivity contribution is 6.00.